The predicted molar refractivity (Wildman–Crippen MR) is 76.8 cm³/mol. The summed E-state index contributed by atoms with van der Waals surface area (Å²) in [5, 5.41) is 2.64. The smallest absolute Gasteiger partial charge is 0.244 e. The van der Waals surface area contributed by atoms with E-state index in [0.29, 0.717) is 0 Å². The van der Waals surface area contributed by atoms with E-state index in [0.717, 1.165) is 25.0 Å². The largest absolute Gasteiger partial charge is 0.396 e. The van der Waals surface area contributed by atoms with Gasteiger partial charge in [-0.15, -0.1) is 0 Å². The number of halogens is 2. The lowest BCUT2D eigenvalue weighted by Gasteiger charge is -2.15. The fourth-order valence-corrected chi connectivity index (χ4v) is 3.31. The van der Waals surface area contributed by atoms with Gasteiger partial charge in [0, 0.05) is 11.1 Å². The van der Waals surface area contributed by atoms with E-state index in [-0.39, 0.29) is 16.8 Å². The van der Waals surface area contributed by atoms with E-state index in [9.17, 15) is 17.6 Å². The van der Waals surface area contributed by atoms with E-state index in [1.165, 1.54) is 6.92 Å². The topological polar surface area (TPSA) is 101 Å². The standard InChI is InChI=1S/C12H15ClFN3O3S/c1-6(12(18)16-8-2-3-8)17-21(19,20)10-5-7(13)4-9(15)11(10)14/h4-6,8,17H,2-3,15H2,1H3,(H,16,18). The molecule has 21 heavy (non-hydrogen) atoms. The van der Waals surface area contributed by atoms with Crippen molar-refractivity contribution in [3.8, 4) is 0 Å². The van der Waals surface area contributed by atoms with Crippen molar-refractivity contribution in [1.82, 2.24) is 10.0 Å². The summed E-state index contributed by atoms with van der Waals surface area (Å²) in [6.45, 7) is 1.38. The molecule has 1 fully saturated rings. The minimum Gasteiger partial charge on any atom is -0.396 e. The Morgan fingerprint density at radius 2 is 2.10 bits per heavy atom. The molecule has 1 aliphatic rings. The highest BCUT2D eigenvalue weighted by molar-refractivity contribution is 7.89. The second-order valence-corrected chi connectivity index (χ2v) is 7.05. The molecule has 6 nitrogen and oxygen atoms in total. The molecular formula is C12H15ClFN3O3S. The maximum atomic E-state index is 13.8. The number of hydrogen-bond acceptors (Lipinski definition) is 4. The third kappa shape index (κ3) is 3.84. The monoisotopic (exact) mass is 335 g/mol. The van der Waals surface area contributed by atoms with E-state index in [1.807, 2.05) is 0 Å². The number of rotatable bonds is 5. The zero-order valence-corrected chi connectivity index (χ0v) is 12.8. The van der Waals surface area contributed by atoms with E-state index in [2.05, 4.69) is 10.0 Å². The Bertz CT molecular complexity index is 677. The molecule has 0 bridgehead atoms. The molecule has 0 aliphatic heterocycles. The molecule has 1 aromatic rings. The maximum absolute atomic E-state index is 13.8. The number of anilines is 1. The van der Waals surface area contributed by atoms with Crippen LogP contribution in [0, 0.1) is 5.82 Å². The number of nitrogen functional groups attached to an aromatic ring is 1. The predicted octanol–water partition coefficient (Wildman–Crippen LogP) is 1.01. The van der Waals surface area contributed by atoms with Gasteiger partial charge in [-0.1, -0.05) is 11.6 Å². The lowest BCUT2D eigenvalue weighted by Crippen LogP contribution is -2.45. The molecule has 1 aliphatic carbocycles. The summed E-state index contributed by atoms with van der Waals surface area (Å²) in [5.74, 6) is -1.56. The second-order valence-electron chi connectivity index (χ2n) is 4.93. The molecule has 2 rings (SSSR count). The highest BCUT2D eigenvalue weighted by Gasteiger charge is 2.29. The number of nitrogens with two attached hydrogens (primary N) is 1. The fourth-order valence-electron chi connectivity index (χ4n) is 1.68. The van der Waals surface area contributed by atoms with E-state index in [4.69, 9.17) is 17.3 Å². The second kappa shape index (κ2) is 5.78. The minimum atomic E-state index is -4.25. The molecule has 1 aromatic carbocycles. The SMILES string of the molecule is CC(NS(=O)(=O)c1cc(Cl)cc(N)c1F)C(=O)NC1CC1. The van der Waals surface area contributed by atoms with Gasteiger partial charge in [0.25, 0.3) is 0 Å². The maximum Gasteiger partial charge on any atom is 0.244 e. The van der Waals surface area contributed by atoms with Crippen molar-refractivity contribution in [3.05, 3.63) is 23.0 Å². The zero-order valence-electron chi connectivity index (χ0n) is 11.2. The normalized spacial score (nSPS) is 16.5. The Hall–Kier alpha value is -1.38. The Labute approximate surface area is 126 Å². The average Bonchev–Trinajstić information content (AvgIpc) is 3.16. The van der Waals surface area contributed by atoms with Gasteiger partial charge in [-0.05, 0) is 31.9 Å². The van der Waals surface area contributed by atoms with Gasteiger partial charge >= 0.3 is 0 Å². The molecule has 0 radical (unpaired) electrons. The molecule has 0 aromatic heterocycles. The quantitative estimate of drug-likeness (QED) is 0.699. The Morgan fingerprint density at radius 3 is 2.67 bits per heavy atom. The molecule has 0 spiro atoms. The van der Waals surface area contributed by atoms with Crippen LogP contribution in [0.5, 0.6) is 0 Å². The van der Waals surface area contributed by atoms with Gasteiger partial charge in [0.2, 0.25) is 15.9 Å². The lowest BCUT2D eigenvalue weighted by molar-refractivity contribution is -0.122. The summed E-state index contributed by atoms with van der Waals surface area (Å²) in [6, 6.07) is 1.12. The van der Waals surface area contributed by atoms with E-state index in [1.54, 1.807) is 0 Å². The molecule has 9 heteroatoms. The van der Waals surface area contributed by atoms with Gasteiger partial charge in [-0.25, -0.2) is 12.8 Å². The van der Waals surface area contributed by atoms with Crippen LogP contribution in [0.3, 0.4) is 0 Å². The van der Waals surface area contributed by atoms with Crippen LogP contribution in [0.2, 0.25) is 5.02 Å². The zero-order chi connectivity index (χ0) is 15.8. The summed E-state index contributed by atoms with van der Waals surface area (Å²) in [4.78, 5) is 11.1. The number of carbonyl (C=O) groups excluding carboxylic acids is 1. The number of hydrogen-bond donors (Lipinski definition) is 3. The molecule has 0 saturated heterocycles. The third-order valence-corrected chi connectivity index (χ3v) is 4.73. The van der Waals surface area contributed by atoms with Gasteiger partial charge in [-0.3, -0.25) is 4.79 Å². The van der Waals surface area contributed by atoms with Crippen molar-refractivity contribution >= 4 is 33.2 Å². The van der Waals surface area contributed by atoms with Crippen molar-refractivity contribution in [2.75, 3.05) is 5.73 Å². The fraction of sp³-hybridized carbons (Fsp3) is 0.417. The molecule has 1 amide bonds. The highest BCUT2D eigenvalue weighted by Crippen LogP contribution is 2.25. The van der Waals surface area contributed by atoms with Crippen LogP contribution < -0.4 is 15.8 Å². The molecule has 116 valence electrons. The van der Waals surface area contributed by atoms with Crippen molar-refractivity contribution in [2.45, 2.75) is 36.7 Å². The summed E-state index contributed by atoms with van der Waals surface area (Å²) in [6.07, 6.45) is 1.76. The van der Waals surface area contributed by atoms with Crippen molar-refractivity contribution in [2.24, 2.45) is 0 Å². The van der Waals surface area contributed by atoms with Gasteiger partial charge in [-0.2, -0.15) is 4.72 Å². The summed E-state index contributed by atoms with van der Waals surface area (Å²) in [7, 11) is -4.25. The van der Waals surface area contributed by atoms with Crippen LogP contribution >= 0.6 is 11.6 Å². The van der Waals surface area contributed by atoms with E-state index < -0.39 is 32.7 Å². The van der Waals surface area contributed by atoms with Gasteiger partial charge in [0.05, 0.1) is 11.7 Å². The Kier molecular flexibility index (Phi) is 4.40. The molecule has 4 N–H and O–H groups in total. The first-order valence-corrected chi connectivity index (χ1v) is 8.14. The molecular weight excluding hydrogens is 321 g/mol. The molecule has 1 saturated carbocycles. The van der Waals surface area contributed by atoms with Crippen molar-refractivity contribution in [1.29, 1.82) is 0 Å². The summed E-state index contributed by atoms with van der Waals surface area (Å²) >= 11 is 5.69. The van der Waals surface area contributed by atoms with Crippen LogP contribution in [0.4, 0.5) is 10.1 Å². The molecule has 0 heterocycles. The number of carbonyl (C=O) groups is 1. The van der Waals surface area contributed by atoms with Gasteiger partial charge < -0.3 is 11.1 Å². The third-order valence-electron chi connectivity index (χ3n) is 2.97. The number of sulfonamides is 1. The first-order chi connectivity index (χ1) is 9.70. The van der Waals surface area contributed by atoms with Crippen LogP contribution in [0.25, 0.3) is 0 Å². The van der Waals surface area contributed by atoms with Crippen LogP contribution in [-0.2, 0) is 14.8 Å². The molecule has 1 atom stereocenters. The van der Waals surface area contributed by atoms with E-state index >= 15 is 0 Å². The number of amides is 1. The highest BCUT2D eigenvalue weighted by atomic mass is 35.5. The first-order valence-electron chi connectivity index (χ1n) is 6.28. The van der Waals surface area contributed by atoms with Crippen LogP contribution in [-0.4, -0.2) is 26.4 Å². The Balaban J connectivity index is 2.19. The van der Waals surface area contributed by atoms with Crippen molar-refractivity contribution < 1.29 is 17.6 Å². The minimum absolute atomic E-state index is 0.00985. The van der Waals surface area contributed by atoms with Crippen molar-refractivity contribution in [3.63, 3.8) is 0 Å². The van der Waals surface area contributed by atoms with Crippen LogP contribution in [0.15, 0.2) is 17.0 Å². The average molecular weight is 336 g/mol. The lowest BCUT2D eigenvalue weighted by atomic mass is 10.3. The van der Waals surface area contributed by atoms with Gasteiger partial charge in [0.15, 0.2) is 5.82 Å². The number of nitrogens with one attached hydrogen (secondary N) is 2. The Morgan fingerprint density at radius 1 is 1.48 bits per heavy atom. The van der Waals surface area contributed by atoms with Gasteiger partial charge in [0.1, 0.15) is 4.90 Å². The summed E-state index contributed by atoms with van der Waals surface area (Å²) < 4.78 is 40.2. The molecule has 1 unspecified atom stereocenters. The first kappa shape index (κ1) is 16.0. The number of benzene rings is 1. The van der Waals surface area contributed by atoms with Crippen LogP contribution in [0.1, 0.15) is 19.8 Å². The summed E-state index contributed by atoms with van der Waals surface area (Å²) in [5.41, 5.74) is 4.98.